The maximum absolute atomic E-state index is 12.7. The number of aryl methyl sites for hydroxylation is 2. The van der Waals surface area contributed by atoms with Crippen LogP contribution >= 0.6 is 0 Å². The third-order valence-corrected chi connectivity index (χ3v) is 8.41. The van der Waals surface area contributed by atoms with E-state index in [2.05, 4.69) is 54.5 Å². The highest BCUT2D eigenvalue weighted by Gasteiger charge is 2.26. The molecule has 1 fully saturated rings. The van der Waals surface area contributed by atoms with E-state index in [4.69, 9.17) is 9.62 Å². The van der Waals surface area contributed by atoms with Gasteiger partial charge in [0.1, 0.15) is 18.7 Å². The summed E-state index contributed by atoms with van der Waals surface area (Å²) in [6, 6.07) is 8.43. The van der Waals surface area contributed by atoms with Gasteiger partial charge < -0.3 is 24.8 Å². The first kappa shape index (κ1) is 29.6. The van der Waals surface area contributed by atoms with E-state index >= 15 is 0 Å². The second-order valence-electron chi connectivity index (χ2n) is 12.5. The van der Waals surface area contributed by atoms with Gasteiger partial charge in [-0.15, -0.1) is 0 Å². The van der Waals surface area contributed by atoms with Crippen LogP contribution in [0.1, 0.15) is 78.7 Å². The predicted octanol–water partition coefficient (Wildman–Crippen LogP) is 4.37. The smallest absolute Gasteiger partial charge is 0.315 e. The number of piperidine rings is 1. The van der Waals surface area contributed by atoms with Crippen LogP contribution in [0, 0.1) is 20.8 Å². The van der Waals surface area contributed by atoms with Crippen molar-refractivity contribution in [1.82, 2.24) is 45.1 Å². The lowest BCUT2D eigenvalue weighted by atomic mass is 9.96. The molecule has 0 atom stereocenters. The lowest BCUT2D eigenvalue weighted by molar-refractivity contribution is 0.0907. The molecule has 1 amide bonds. The minimum atomic E-state index is -0.416. The Hall–Kier alpha value is -4.42. The highest BCUT2D eigenvalue weighted by Crippen LogP contribution is 2.37. The van der Waals surface area contributed by atoms with Crippen LogP contribution in [-0.4, -0.2) is 58.6 Å². The van der Waals surface area contributed by atoms with Gasteiger partial charge >= 0.3 is 11.8 Å². The highest BCUT2D eigenvalue weighted by atomic mass is 16.5. The van der Waals surface area contributed by atoms with Gasteiger partial charge in [0.05, 0.1) is 23.1 Å². The standard InChI is InChI=1S/C32H39N9O3/c1-18-13-21(7-8-22(18)15-34-29(43)30-37-31(39-44-30)32(4,5)6)27-24-14-25(40(17-42)28(24)36-16-35-27)26-19(2)38-41(20(26)3)23-9-11-33-12-10-23/h7-8,13-14,16,23,33,42H,9-12,15,17H2,1-6H3,(H,34,43). The number of amides is 1. The molecule has 5 aromatic rings. The number of aromatic nitrogens is 7. The van der Waals surface area contributed by atoms with Crippen molar-refractivity contribution in [2.24, 2.45) is 0 Å². The van der Waals surface area contributed by atoms with Gasteiger partial charge in [-0.3, -0.25) is 9.48 Å². The molecule has 6 rings (SSSR count). The van der Waals surface area contributed by atoms with Gasteiger partial charge in [0, 0.05) is 34.2 Å². The molecule has 0 saturated carbocycles. The van der Waals surface area contributed by atoms with E-state index in [1.54, 1.807) is 0 Å². The fourth-order valence-corrected chi connectivity index (χ4v) is 6.00. The summed E-state index contributed by atoms with van der Waals surface area (Å²) in [4.78, 5) is 26.1. The Bertz CT molecular complexity index is 1840. The highest BCUT2D eigenvalue weighted by molar-refractivity contribution is 5.95. The molecule has 230 valence electrons. The minimum Gasteiger partial charge on any atom is -0.376 e. The molecule has 0 spiro atoms. The zero-order valence-electron chi connectivity index (χ0n) is 26.1. The Morgan fingerprint density at radius 2 is 1.91 bits per heavy atom. The van der Waals surface area contributed by atoms with E-state index in [9.17, 15) is 9.90 Å². The van der Waals surface area contributed by atoms with Crippen molar-refractivity contribution in [1.29, 1.82) is 0 Å². The number of benzene rings is 1. The monoisotopic (exact) mass is 597 g/mol. The summed E-state index contributed by atoms with van der Waals surface area (Å²) in [5.74, 6) is 0.0166. The van der Waals surface area contributed by atoms with Gasteiger partial charge in [0.25, 0.3) is 0 Å². The molecule has 1 saturated heterocycles. The quantitative estimate of drug-likeness (QED) is 0.249. The third-order valence-electron chi connectivity index (χ3n) is 8.41. The van der Waals surface area contributed by atoms with Gasteiger partial charge in [-0.25, -0.2) is 9.97 Å². The fraction of sp³-hybridized carbons (Fsp3) is 0.438. The molecule has 12 nitrogen and oxygen atoms in total. The molecule has 5 heterocycles. The normalized spacial score (nSPS) is 14.4. The van der Waals surface area contributed by atoms with Crippen molar-refractivity contribution in [2.45, 2.75) is 79.1 Å². The maximum Gasteiger partial charge on any atom is 0.315 e. The van der Waals surface area contributed by atoms with Crippen molar-refractivity contribution in [2.75, 3.05) is 13.1 Å². The average Bonchev–Trinajstić information content (AvgIpc) is 3.72. The van der Waals surface area contributed by atoms with Crippen LogP contribution in [0.25, 0.3) is 33.5 Å². The summed E-state index contributed by atoms with van der Waals surface area (Å²) in [6.07, 6.45) is 3.60. The number of fused-ring (bicyclic) bond motifs is 1. The zero-order valence-corrected chi connectivity index (χ0v) is 26.1. The Labute approximate surface area is 255 Å². The topological polar surface area (TPSA) is 149 Å². The summed E-state index contributed by atoms with van der Waals surface area (Å²) in [5, 5.41) is 26.5. The maximum atomic E-state index is 12.7. The Kier molecular flexibility index (Phi) is 7.80. The van der Waals surface area contributed by atoms with Crippen LogP contribution in [-0.2, 0) is 18.7 Å². The van der Waals surface area contributed by atoms with E-state index in [1.165, 1.54) is 6.33 Å². The number of rotatable bonds is 7. The van der Waals surface area contributed by atoms with Crippen LogP contribution in [0.4, 0.5) is 0 Å². The number of carbonyl (C=O) groups excluding carboxylic acids is 1. The molecular weight excluding hydrogens is 558 g/mol. The first-order chi connectivity index (χ1) is 21.1. The fourth-order valence-electron chi connectivity index (χ4n) is 6.00. The SMILES string of the molecule is Cc1cc(-c2ncnc3c2cc(-c2c(C)nn(C4CCNCC4)c2C)n3CO)ccc1CNC(=O)c1nc(C(C)(C)C)no1. The molecule has 0 bridgehead atoms. The van der Waals surface area contributed by atoms with Crippen molar-refractivity contribution in [3.8, 4) is 22.5 Å². The molecule has 1 aliphatic heterocycles. The minimum absolute atomic E-state index is 0.0523. The second kappa shape index (κ2) is 11.6. The second-order valence-corrected chi connectivity index (χ2v) is 12.5. The molecule has 1 aromatic carbocycles. The number of carbonyl (C=O) groups is 1. The number of aliphatic hydroxyl groups excluding tert-OH is 1. The third kappa shape index (κ3) is 5.39. The van der Waals surface area contributed by atoms with Crippen molar-refractivity contribution in [3.63, 3.8) is 0 Å². The zero-order chi connectivity index (χ0) is 31.2. The Morgan fingerprint density at radius 3 is 2.59 bits per heavy atom. The lowest BCUT2D eigenvalue weighted by Gasteiger charge is -2.24. The number of nitrogens with one attached hydrogen (secondary N) is 2. The molecular formula is C32H39N9O3. The Morgan fingerprint density at radius 1 is 1.14 bits per heavy atom. The molecule has 0 unspecified atom stereocenters. The van der Waals surface area contributed by atoms with E-state index in [0.29, 0.717) is 24.1 Å². The summed E-state index contributed by atoms with van der Waals surface area (Å²) in [6.45, 7) is 14.1. The van der Waals surface area contributed by atoms with Crippen LogP contribution < -0.4 is 10.6 Å². The van der Waals surface area contributed by atoms with Gasteiger partial charge in [-0.05, 0) is 70.0 Å². The predicted molar refractivity (Wildman–Crippen MR) is 166 cm³/mol. The van der Waals surface area contributed by atoms with Crippen LogP contribution in [0.5, 0.6) is 0 Å². The van der Waals surface area contributed by atoms with Crippen LogP contribution in [0.3, 0.4) is 0 Å². The number of aliphatic hydroxyl groups is 1. The summed E-state index contributed by atoms with van der Waals surface area (Å²) >= 11 is 0. The first-order valence-electron chi connectivity index (χ1n) is 15.0. The van der Waals surface area contributed by atoms with E-state index in [1.807, 2.05) is 51.3 Å². The summed E-state index contributed by atoms with van der Waals surface area (Å²) in [5.41, 5.74) is 7.85. The molecule has 0 aliphatic carbocycles. The van der Waals surface area contributed by atoms with Gasteiger partial charge in [-0.2, -0.15) is 10.1 Å². The summed E-state index contributed by atoms with van der Waals surface area (Å²) < 4.78 is 9.15. The van der Waals surface area contributed by atoms with Gasteiger partial charge in [0.15, 0.2) is 5.82 Å². The first-order valence-corrected chi connectivity index (χ1v) is 15.0. The van der Waals surface area contributed by atoms with E-state index in [0.717, 1.165) is 76.3 Å². The largest absolute Gasteiger partial charge is 0.376 e. The average molecular weight is 598 g/mol. The van der Waals surface area contributed by atoms with E-state index < -0.39 is 5.91 Å². The van der Waals surface area contributed by atoms with Crippen LogP contribution in [0.2, 0.25) is 0 Å². The number of hydrogen-bond acceptors (Lipinski definition) is 9. The molecule has 3 N–H and O–H groups in total. The lowest BCUT2D eigenvalue weighted by Crippen LogP contribution is -2.30. The molecule has 0 radical (unpaired) electrons. The molecule has 12 heteroatoms. The van der Waals surface area contributed by atoms with Crippen molar-refractivity contribution >= 4 is 16.9 Å². The van der Waals surface area contributed by atoms with Gasteiger partial charge in [0.2, 0.25) is 0 Å². The van der Waals surface area contributed by atoms with Crippen molar-refractivity contribution in [3.05, 3.63) is 64.8 Å². The number of nitrogens with zero attached hydrogens (tertiary/aromatic N) is 7. The molecule has 44 heavy (non-hydrogen) atoms. The summed E-state index contributed by atoms with van der Waals surface area (Å²) in [7, 11) is 0. The molecule has 1 aliphatic rings. The van der Waals surface area contributed by atoms with E-state index in [-0.39, 0.29) is 18.0 Å². The van der Waals surface area contributed by atoms with Crippen molar-refractivity contribution < 1.29 is 14.4 Å². The molecule has 4 aromatic heterocycles. The number of hydrogen-bond donors (Lipinski definition) is 3. The van der Waals surface area contributed by atoms with Gasteiger partial charge in [-0.1, -0.05) is 38.1 Å². The van der Waals surface area contributed by atoms with Crippen LogP contribution in [0.15, 0.2) is 35.1 Å². The Balaban J connectivity index is 1.29.